The van der Waals surface area contributed by atoms with E-state index < -0.39 is 24.1 Å². The maximum absolute atomic E-state index is 12.5. The van der Waals surface area contributed by atoms with Gasteiger partial charge in [0, 0.05) is 12.0 Å². The third-order valence-corrected chi connectivity index (χ3v) is 4.52. The zero-order valence-corrected chi connectivity index (χ0v) is 11.4. The van der Waals surface area contributed by atoms with Crippen LogP contribution in [0.25, 0.3) is 0 Å². The quantitative estimate of drug-likeness (QED) is 0.746. The van der Waals surface area contributed by atoms with Gasteiger partial charge in [0.15, 0.2) is 5.78 Å². The lowest BCUT2D eigenvalue weighted by atomic mass is 9.84. The number of aliphatic hydroxyl groups is 2. The monoisotopic (exact) mass is 276 g/mol. The summed E-state index contributed by atoms with van der Waals surface area (Å²) in [7, 11) is 0. The molecule has 5 nitrogen and oxygen atoms in total. The number of fused-ring (bicyclic) bond motifs is 2. The third-order valence-electron chi connectivity index (χ3n) is 4.52. The molecule has 0 bridgehead atoms. The minimum atomic E-state index is -1.24. The molecule has 3 rings (SSSR count). The summed E-state index contributed by atoms with van der Waals surface area (Å²) in [6.07, 6.45) is -0.534. The summed E-state index contributed by atoms with van der Waals surface area (Å²) in [5.74, 6) is -0.684. The summed E-state index contributed by atoms with van der Waals surface area (Å²) in [6.45, 7) is 3.19. The van der Waals surface area contributed by atoms with Crippen molar-refractivity contribution < 1.29 is 24.5 Å². The number of cyclic esters (lactones) is 1. The van der Waals surface area contributed by atoms with Crippen LogP contribution in [0, 0.1) is 12.3 Å². The topological polar surface area (TPSA) is 83.8 Å². The second-order valence-corrected chi connectivity index (χ2v) is 5.69. The molecule has 0 amide bonds. The van der Waals surface area contributed by atoms with Crippen LogP contribution in [-0.4, -0.2) is 35.2 Å². The van der Waals surface area contributed by atoms with Gasteiger partial charge < -0.3 is 14.9 Å². The van der Waals surface area contributed by atoms with E-state index in [1.165, 1.54) is 6.92 Å². The summed E-state index contributed by atoms with van der Waals surface area (Å²) < 4.78 is 5.00. The second-order valence-electron chi connectivity index (χ2n) is 5.69. The lowest BCUT2D eigenvalue weighted by molar-refractivity contribution is 0.0130. The van der Waals surface area contributed by atoms with Crippen LogP contribution in [0.15, 0.2) is 6.07 Å². The standard InChI is InChI=1S/C15H16O5/c1-7-8-3-4-20-14(19)9(8)5-10-11(7)13(18)15(2,6-16)12(10)17/h5,12,16-17H,3-4,6H2,1-2H3. The highest BCUT2D eigenvalue weighted by Crippen LogP contribution is 2.47. The first kappa shape index (κ1) is 13.3. The maximum Gasteiger partial charge on any atom is 0.338 e. The number of carbonyl (C=O) groups is 2. The van der Waals surface area contributed by atoms with Crippen LogP contribution in [0.5, 0.6) is 0 Å². The number of esters is 1. The van der Waals surface area contributed by atoms with Crippen molar-refractivity contribution in [2.24, 2.45) is 5.41 Å². The van der Waals surface area contributed by atoms with Crippen molar-refractivity contribution in [3.8, 4) is 0 Å². The number of benzene rings is 1. The minimum absolute atomic E-state index is 0.262. The fraction of sp³-hybridized carbons (Fsp3) is 0.467. The molecule has 1 aromatic rings. The molecular formula is C15H16O5. The normalized spacial score (nSPS) is 28.1. The fourth-order valence-electron chi connectivity index (χ4n) is 3.14. The molecule has 0 saturated carbocycles. The van der Waals surface area contributed by atoms with E-state index in [0.717, 1.165) is 11.1 Å². The van der Waals surface area contributed by atoms with E-state index in [0.29, 0.717) is 29.7 Å². The predicted octanol–water partition coefficient (Wildman–Crippen LogP) is 0.936. The van der Waals surface area contributed by atoms with E-state index in [9.17, 15) is 19.8 Å². The largest absolute Gasteiger partial charge is 0.462 e. The first-order valence-corrected chi connectivity index (χ1v) is 6.59. The summed E-state index contributed by atoms with van der Waals surface area (Å²) in [6, 6.07) is 1.54. The van der Waals surface area contributed by atoms with E-state index in [1.54, 1.807) is 13.0 Å². The highest BCUT2D eigenvalue weighted by atomic mass is 16.5. The van der Waals surface area contributed by atoms with Gasteiger partial charge in [-0.1, -0.05) is 0 Å². The third kappa shape index (κ3) is 1.45. The number of hydrogen-bond acceptors (Lipinski definition) is 5. The van der Waals surface area contributed by atoms with Crippen LogP contribution < -0.4 is 0 Å². The first-order chi connectivity index (χ1) is 9.41. The van der Waals surface area contributed by atoms with E-state index in [4.69, 9.17) is 4.74 Å². The molecule has 1 aliphatic carbocycles. The smallest absolute Gasteiger partial charge is 0.338 e. The highest BCUT2D eigenvalue weighted by molar-refractivity contribution is 6.08. The molecule has 2 N–H and O–H groups in total. The number of ether oxygens (including phenoxy) is 1. The van der Waals surface area contributed by atoms with Crippen molar-refractivity contribution >= 4 is 11.8 Å². The van der Waals surface area contributed by atoms with Gasteiger partial charge in [0.2, 0.25) is 0 Å². The summed E-state index contributed by atoms with van der Waals surface area (Å²) in [5, 5.41) is 19.8. The Kier molecular flexibility index (Phi) is 2.74. The van der Waals surface area contributed by atoms with Crippen LogP contribution in [0.1, 0.15) is 50.4 Å². The van der Waals surface area contributed by atoms with Gasteiger partial charge in [-0.3, -0.25) is 4.79 Å². The molecule has 2 unspecified atom stereocenters. The Morgan fingerprint density at radius 1 is 1.45 bits per heavy atom. The summed E-state index contributed by atoms with van der Waals surface area (Å²) >= 11 is 0. The number of Topliss-reactive ketones (excluding diaryl/α,β-unsaturated/α-hetero) is 1. The first-order valence-electron chi connectivity index (χ1n) is 6.59. The second kappa shape index (κ2) is 4.14. The Bertz CT molecular complexity index is 634. The van der Waals surface area contributed by atoms with Crippen molar-refractivity contribution in [2.45, 2.75) is 26.4 Å². The maximum atomic E-state index is 12.5. The van der Waals surface area contributed by atoms with Gasteiger partial charge in [-0.2, -0.15) is 0 Å². The zero-order chi connectivity index (χ0) is 14.7. The molecule has 2 aliphatic rings. The zero-order valence-electron chi connectivity index (χ0n) is 11.4. The molecule has 0 saturated heterocycles. The summed E-state index contributed by atoms with van der Waals surface area (Å²) in [4.78, 5) is 24.3. The highest BCUT2D eigenvalue weighted by Gasteiger charge is 2.50. The molecule has 1 aromatic carbocycles. The van der Waals surface area contributed by atoms with Crippen LogP contribution >= 0.6 is 0 Å². The Morgan fingerprint density at radius 2 is 2.15 bits per heavy atom. The van der Waals surface area contributed by atoms with Crippen molar-refractivity contribution in [3.63, 3.8) is 0 Å². The van der Waals surface area contributed by atoms with Crippen molar-refractivity contribution in [1.29, 1.82) is 0 Å². The Labute approximate surface area is 116 Å². The molecule has 20 heavy (non-hydrogen) atoms. The Morgan fingerprint density at radius 3 is 2.80 bits per heavy atom. The number of hydrogen-bond donors (Lipinski definition) is 2. The number of rotatable bonds is 1. The van der Waals surface area contributed by atoms with Gasteiger partial charge in [-0.05, 0) is 36.6 Å². The van der Waals surface area contributed by atoms with Crippen LogP contribution in [0.2, 0.25) is 0 Å². The van der Waals surface area contributed by atoms with Gasteiger partial charge in [0.25, 0.3) is 0 Å². The van der Waals surface area contributed by atoms with Crippen molar-refractivity contribution in [2.75, 3.05) is 13.2 Å². The van der Waals surface area contributed by atoms with E-state index in [2.05, 4.69) is 0 Å². The average Bonchev–Trinajstić information content (AvgIpc) is 2.63. The average molecular weight is 276 g/mol. The van der Waals surface area contributed by atoms with Gasteiger partial charge in [0.05, 0.1) is 30.3 Å². The molecular weight excluding hydrogens is 260 g/mol. The number of carbonyl (C=O) groups excluding carboxylic acids is 2. The molecule has 0 fully saturated rings. The molecule has 106 valence electrons. The molecule has 0 spiro atoms. The molecule has 1 aliphatic heterocycles. The number of ketones is 1. The number of aliphatic hydroxyl groups excluding tert-OH is 2. The van der Waals surface area contributed by atoms with Crippen LogP contribution in [0.3, 0.4) is 0 Å². The lowest BCUT2D eigenvalue weighted by Gasteiger charge is -2.23. The molecule has 0 radical (unpaired) electrons. The van der Waals surface area contributed by atoms with E-state index >= 15 is 0 Å². The van der Waals surface area contributed by atoms with Crippen molar-refractivity contribution in [1.82, 2.24) is 0 Å². The SMILES string of the molecule is Cc1c2c(cc3c1C(=O)C(C)(CO)C3O)C(=O)OCC2. The minimum Gasteiger partial charge on any atom is -0.462 e. The lowest BCUT2D eigenvalue weighted by Crippen LogP contribution is -2.32. The van der Waals surface area contributed by atoms with Gasteiger partial charge in [-0.25, -0.2) is 4.79 Å². The van der Waals surface area contributed by atoms with E-state index in [-0.39, 0.29) is 5.78 Å². The van der Waals surface area contributed by atoms with Gasteiger partial charge in [0.1, 0.15) is 0 Å². The Balaban J connectivity index is 2.28. The van der Waals surface area contributed by atoms with Crippen molar-refractivity contribution in [3.05, 3.63) is 33.9 Å². The molecule has 0 aromatic heterocycles. The predicted molar refractivity (Wildman–Crippen MR) is 69.6 cm³/mol. The van der Waals surface area contributed by atoms with Gasteiger partial charge >= 0.3 is 5.97 Å². The van der Waals surface area contributed by atoms with Gasteiger partial charge in [-0.15, -0.1) is 0 Å². The molecule has 5 heteroatoms. The Hall–Kier alpha value is -1.72. The summed E-state index contributed by atoms with van der Waals surface area (Å²) in [5.41, 5.74) is 1.57. The van der Waals surface area contributed by atoms with Crippen LogP contribution in [-0.2, 0) is 11.2 Å². The molecule has 2 atom stereocenters. The van der Waals surface area contributed by atoms with Crippen LogP contribution in [0.4, 0.5) is 0 Å². The van der Waals surface area contributed by atoms with E-state index in [1.807, 2.05) is 0 Å². The molecule has 1 heterocycles. The fourth-order valence-corrected chi connectivity index (χ4v) is 3.14.